The lowest BCUT2D eigenvalue weighted by Gasteiger charge is -2.19. The highest BCUT2D eigenvalue weighted by Gasteiger charge is 2.46. The minimum atomic E-state index is -0.245. The summed E-state index contributed by atoms with van der Waals surface area (Å²) in [5.41, 5.74) is -0.452. The number of carbonyl (C=O) groups is 1. The van der Waals surface area contributed by atoms with Crippen LogP contribution in [0.15, 0.2) is 0 Å². The predicted octanol–water partition coefficient (Wildman–Crippen LogP) is 2.10. The second kappa shape index (κ2) is 3.29. The molecule has 0 bridgehead atoms. The molecule has 1 saturated carbocycles. The Morgan fingerprint density at radius 1 is 1.38 bits per heavy atom. The summed E-state index contributed by atoms with van der Waals surface area (Å²) in [5, 5.41) is 0. The topological polar surface area (TPSA) is 35.5 Å². The van der Waals surface area contributed by atoms with Crippen molar-refractivity contribution in [2.75, 3.05) is 6.79 Å². The molecule has 1 aliphatic carbocycles. The summed E-state index contributed by atoms with van der Waals surface area (Å²) in [6.45, 7) is 7.78. The molecule has 0 aliphatic heterocycles. The third kappa shape index (κ3) is 3.35. The van der Waals surface area contributed by atoms with Gasteiger partial charge in [0.25, 0.3) is 0 Å². The van der Waals surface area contributed by atoms with Gasteiger partial charge in [-0.3, -0.25) is 4.79 Å². The van der Waals surface area contributed by atoms with Crippen molar-refractivity contribution >= 4 is 5.97 Å². The maximum Gasteiger partial charge on any atom is 0.313 e. The summed E-state index contributed by atoms with van der Waals surface area (Å²) in [5.74, 6) is -0.128. The Bertz CT molecular complexity index is 199. The van der Waals surface area contributed by atoms with Crippen LogP contribution in [0.1, 0.15) is 40.5 Å². The molecule has 1 rings (SSSR count). The fraction of sp³-hybridized carbons (Fsp3) is 0.900. The van der Waals surface area contributed by atoms with Crippen LogP contribution in [0.2, 0.25) is 0 Å². The molecule has 0 radical (unpaired) electrons. The van der Waals surface area contributed by atoms with E-state index in [1.165, 1.54) is 0 Å². The molecule has 0 spiro atoms. The normalized spacial score (nSPS) is 19.7. The van der Waals surface area contributed by atoms with Crippen molar-refractivity contribution in [3.05, 3.63) is 0 Å². The lowest BCUT2D eigenvalue weighted by atomic mass is 10.1. The summed E-state index contributed by atoms with van der Waals surface area (Å²) in [6.07, 6.45) is 1.89. The highest BCUT2D eigenvalue weighted by molar-refractivity contribution is 5.79. The second-order valence-corrected chi connectivity index (χ2v) is 4.87. The van der Waals surface area contributed by atoms with E-state index in [4.69, 9.17) is 9.47 Å². The van der Waals surface area contributed by atoms with Gasteiger partial charge >= 0.3 is 5.97 Å². The molecule has 1 fully saturated rings. The van der Waals surface area contributed by atoms with Crippen molar-refractivity contribution < 1.29 is 14.3 Å². The fourth-order valence-corrected chi connectivity index (χ4v) is 0.826. The third-order valence-electron chi connectivity index (χ3n) is 2.17. The molecule has 0 saturated heterocycles. The zero-order valence-corrected chi connectivity index (χ0v) is 8.85. The van der Waals surface area contributed by atoms with Gasteiger partial charge in [-0.05, 0) is 40.5 Å². The molecule has 13 heavy (non-hydrogen) atoms. The van der Waals surface area contributed by atoms with E-state index in [2.05, 4.69) is 0 Å². The van der Waals surface area contributed by atoms with Crippen LogP contribution < -0.4 is 0 Å². The SMILES string of the molecule is CC(C)(C)OCOC(=O)C1(C)CC1. The van der Waals surface area contributed by atoms with Gasteiger partial charge in [0.2, 0.25) is 0 Å². The summed E-state index contributed by atoms with van der Waals surface area (Å²) >= 11 is 0. The van der Waals surface area contributed by atoms with Crippen LogP contribution in [-0.2, 0) is 14.3 Å². The molecule has 3 nitrogen and oxygen atoms in total. The highest BCUT2D eigenvalue weighted by atomic mass is 16.7. The number of hydrogen-bond acceptors (Lipinski definition) is 3. The molecule has 3 heteroatoms. The highest BCUT2D eigenvalue weighted by Crippen LogP contribution is 2.45. The Balaban J connectivity index is 2.16. The Kier molecular flexibility index (Phi) is 2.66. The summed E-state index contributed by atoms with van der Waals surface area (Å²) < 4.78 is 10.3. The Labute approximate surface area is 79.4 Å². The minimum absolute atomic E-state index is 0.0674. The van der Waals surface area contributed by atoms with Gasteiger partial charge in [0, 0.05) is 0 Å². The van der Waals surface area contributed by atoms with Crippen molar-refractivity contribution in [2.24, 2.45) is 5.41 Å². The number of ether oxygens (including phenoxy) is 2. The number of carbonyl (C=O) groups excluding carboxylic acids is 1. The molecule has 0 unspecified atom stereocenters. The minimum Gasteiger partial charge on any atom is -0.438 e. The van der Waals surface area contributed by atoms with Gasteiger partial charge in [-0.1, -0.05) is 0 Å². The van der Waals surface area contributed by atoms with Crippen LogP contribution in [-0.4, -0.2) is 18.4 Å². The van der Waals surface area contributed by atoms with E-state index in [1.54, 1.807) is 0 Å². The van der Waals surface area contributed by atoms with Gasteiger partial charge in [-0.2, -0.15) is 0 Å². The smallest absolute Gasteiger partial charge is 0.313 e. The fourth-order valence-electron chi connectivity index (χ4n) is 0.826. The van der Waals surface area contributed by atoms with E-state index in [0.717, 1.165) is 12.8 Å². The van der Waals surface area contributed by atoms with Crippen molar-refractivity contribution in [1.82, 2.24) is 0 Å². The molecule has 0 aromatic heterocycles. The van der Waals surface area contributed by atoms with Crippen molar-refractivity contribution in [1.29, 1.82) is 0 Å². The van der Waals surface area contributed by atoms with E-state index in [0.29, 0.717) is 0 Å². The first kappa shape index (κ1) is 10.5. The van der Waals surface area contributed by atoms with Gasteiger partial charge in [0.05, 0.1) is 11.0 Å². The van der Waals surface area contributed by atoms with Crippen LogP contribution in [0.5, 0.6) is 0 Å². The van der Waals surface area contributed by atoms with E-state index in [-0.39, 0.29) is 23.8 Å². The molecule has 0 N–H and O–H groups in total. The molecule has 0 aromatic rings. The summed E-state index contributed by atoms with van der Waals surface area (Å²) in [6, 6.07) is 0. The molecule has 0 aromatic carbocycles. The first-order valence-electron chi connectivity index (χ1n) is 4.65. The van der Waals surface area contributed by atoms with Crippen molar-refractivity contribution in [3.8, 4) is 0 Å². The van der Waals surface area contributed by atoms with Crippen molar-refractivity contribution in [3.63, 3.8) is 0 Å². The Hall–Kier alpha value is -0.570. The predicted molar refractivity (Wildman–Crippen MR) is 49.1 cm³/mol. The molecule has 76 valence electrons. The maximum atomic E-state index is 11.3. The van der Waals surface area contributed by atoms with Crippen LogP contribution in [0.3, 0.4) is 0 Å². The quantitative estimate of drug-likeness (QED) is 0.500. The van der Waals surface area contributed by atoms with Gasteiger partial charge in [-0.15, -0.1) is 0 Å². The zero-order valence-electron chi connectivity index (χ0n) is 8.85. The lowest BCUT2D eigenvalue weighted by molar-refractivity contribution is -0.172. The molecule has 1 aliphatic rings. The lowest BCUT2D eigenvalue weighted by Crippen LogP contribution is -2.24. The van der Waals surface area contributed by atoms with Crippen LogP contribution in [0.25, 0.3) is 0 Å². The standard InChI is InChI=1S/C10H18O3/c1-9(2,3)13-7-12-8(11)10(4)5-6-10/h5-7H2,1-4H3. The van der Waals surface area contributed by atoms with Crippen molar-refractivity contribution in [2.45, 2.75) is 46.1 Å². The largest absolute Gasteiger partial charge is 0.438 e. The number of hydrogen-bond donors (Lipinski definition) is 0. The van der Waals surface area contributed by atoms with E-state index in [1.807, 2.05) is 27.7 Å². The van der Waals surface area contributed by atoms with E-state index in [9.17, 15) is 4.79 Å². The summed E-state index contributed by atoms with van der Waals surface area (Å²) in [7, 11) is 0. The van der Waals surface area contributed by atoms with E-state index < -0.39 is 0 Å². The maximum absolute atomic E-state index is 11.3. The first-order valence-corrected chi connectivity index (χ1v) is 4.65. The second-order valence-electron chi connectivity index (χ2n) is 4.87. The van der Waals surface area contributed by atoms with Gasteiger partial charge in [0.15, 0.2) is 6.79 Å². The molecule has 0 amide bonds. The number of rotatable bonds is 3. The first-order chi connectivity index (χ1) is 5.83. The van der Waals surface area contributed by atoms with Crippen LogP contribution in [0.4, 0.5) is 0 Å². The molecular weight excluding hydrogens is 168 g/mol. The molecule has 0 atom stereocenters. The Morgan fingerprint density at radius 2 is 1.92 bits per heavy atom. The summed E-state index contributed by atoms with van der Waals surface area (Å²) in [4.78, 5) is 11.3. The van der Waals surface area contributed by atoms with Crippen LogP contribution in [0, 0.1) is 5.41 Å². The third-order valence-corrected chi connectivity index (χ3v) is 2.17. The molecule has 0 heterocycles. The monoisotopic (exact) mass is 186 g/mol. The zero-order chi connectivity index (χ0) is 10.1. The average Bonchev–Trinajstić information content (AvgIpc) is 2.66. The average molecular weight is 186 g/mol. The van der Waals surface area contributed by atoms with Gasteiger partial charge in [0.1, 0.15) is 0 Å². The van der Waals surface area contributed by atoms with Gasteiger partial charge < -0.3 is 9.47 Å². The number of esters is 1. The molecular formula is C10H18O3. The Morgan fingerprint density at radius 3 is 2.31 bits per heavy atom. The van der Waals surface area contributed by atoms with Gasteiger partial charge in [-0.25, -0.2) is 0 Å². The van der Waals surface area contributed by atoms with E-state index >= 15 is 0 Å². The van der Waals surface area contributed by atoms with Crippen LogP contribution >= 0.6 is 0 Å².